The highest BCUT2D eigenvalue weighted by Crippen LogP contribution is 2.54. The molecule has 1 nitrogen and oxygen atoms in total. The second-order valence-corrected chi connectivity index (χ2v) is 4.45. The molecule has 2 rings (SSSR count). The van der Waals surface area contributed by atoms with Crippen LogP contribution in [0.5, 0.6) is 0 Å². The van der Waals surface area contributed by atoms with Crippen LogP contribution < -0.4 is 5.73 Å². The van der Waals surface area contributed by atoms with Crippen molar-refractivity contribution in [3.63, 3.8) is 0 Å². The zero-order chi connectivity index (χ0) is 10.9. The molecule has 0 saturated heterocycles. The summed E-state index contributed by atoms with van der Waals surface area (Å²) in [7, 11) is 0. The van der Waals surface area contributed by atoms with E-state index in [1.807, 2.05) is 0 Å². The van der Waals surface area contributed by atoms with Gasteiger partial charge in [0.2, 0.25) is 0 Å². The van der Waals surface area contributed by atoms with Gasteiger partial charge in [-0.15, -0.1) is 0 Å². The fraction of sp³-hybridized carbons (Fsp3) is 0.500. The lowest BCUT2D eigenvalue weighted by atomic mass is 9.93. The van der Waals surface area contributed by atoms with Crippen molar-refractivity contribution in [1.29, 1.82) is 0 Å². The summed E-state index contributed by atoms with van der Waals surface area (Å²) in [6.07, 6.45) is 1.57. The lowest BCUT2D eigenvalue weighted by Gasteiger charge is -2.22. The van der Waals surface area contributed by atoms with E-state index in [1.165, 1.54) is 12.1 Å². The third kappa shape index (κ3) is 2.17. The number of hydrogen-bond acceptors (Lipinski definition) is 1. The molecule has 1 aliphatic carbocycles. The van der Waals surface area contributed by atoms with Crippen molar-refractivity contribution in [2.45, 2.75) is 25.2 Å². The molecule has 2 N–H and O–H groups in total. The topological polar surface area (TPSA) is 26.0 Å². The van der Waals surface area contributed by atoms with Gasteiger partial charge in [0, 0.05) is 12.0 Å². The average Bonchev–Trinajstić information content (AvgIpc) is 2.99. The van der Waals surface area contributed by atoms with E-state index in [9.17, 15) is 8.78 Å². The van der Waals surface area contributed by atoms with Gasteiger partial charge in [0.25, 0.3) is 5.92 Å². The Kier molecular flexibility index (Phi) is 2.51. The highest BCUT2D eigenvalue weighted by molar-refractivity contribution is 5.21. The first-order valence-corrected chi connectivity index (χ1v) is 5.21. The van der Waals surface area contributed by atoms with Crippen LogP contribution in [0.2, 0.25) is 0 Å². The van der Waals surface area contributed by atoms with E-state index < -0.39 is 5.92 Å². The summed E-state index contributed by atoms with van der Waals surface area (Å²) in [6.45, 7) is 0.370. The van der Waals surface area contributed by atoms with Gasteiger partial charge in [-0.3, -0.25) is 0 Å². The summed E-state index contributed by atoms with van der Waals surface area (Å²) in [4.78, 5) is 0. The van der Waals surface area contributed by atoms with Crippen LogP contribution in [0.15, 0.2) is 30.3 Å². The molecule has 0 aromatic heterocycles. The van der Waals surface area contributed by atoms with E-state index in [1.54, 1.807) is 18.2 Å². The molecular formula is C12H15F2N. The smallest absolute Gasteiger partial charge is 0.273 e. The molecule has 1 aromatic carbocycles. The molecule has 0 aliphatic heterocycles. The third-order valence-electron chi connectivity index (χ3n) is 3.18. The third-order valence-corrected chi connectivity index (χ3v) is 3.18. The minimum Gasteiger partial charge on any atom is -0.330 e. The average molecular weight is 211 g/mol. The first kappa shape index (κ1) is 10.6. The molecule has 0 amide bonds. The Labute approximate surface area is 88.3 Å². The van der Waals surface area contributed by atoms with Crippen molar-refractivity contribution in [2.75, 3.05) is 6.54 Å². The van der Waals surface area contributed by atoms with Crippen LogP contribution in [0.25, 0.3) is 0 Å². The number of halogens is 2. The SMILES string of the molecule is NCC1(CC(F)(F)c2ccccc2)CC1. The monoisotopic (exact) mass is 211 g/mol. The van der Waals surface area contributed by atoms with E-state index in [4.69, 9.17) is 5.73 Å². The van der Waals surface area contributed by atoms with Gasteiger partial charge in [-0.05, 0) is 24.8 Å². The van der Waals surface area contributed by atoms with Gasteiger partial charge in [0.15, 0.2) is 0 Å². The molecule has 0 spiro atoms. The second kappa shape index (κ2) is 3.56. The number of rotatable bonds is 4. The summed E-state index contributed by atoms with van der Waals surface area (Å²) in [5, 5.41) is 0. The van der Waals surface area contributed by atoms with Gasteiger partial charge in [0.05, 0.1) is 0 Å². The van der Waals surface area contributed by atoms with Crippen molar-refractivity contribution >= 4 is 0 Å². The molecular weight excluding hydrogens is 196 g/mol. The Balaban J connectivity index is 2.13. The normalized spacial score (nSPS) is 18.9. The predicted octanol–water partition coefficient (Wildman–Crippen LogP) is 2.91. The number of hydrogen-bond donors (Lipinski definition) is 1. The molecule has 3 heteroatoms. The molecule has 0 atom stereocenters. The van der Waals surface area contributed by atoms with Crippen LogP contribution >= 0.6 is 0 Å². The van der Waals surface area contributed by atoms with E-state index in [0.29, 0.717) is 6.54 Å². The maximum absolute atomic E-state index is 13.8. The molecule has 0 bridgehead atoms. The zero-order valence-electron chi connectivity index (χ0n) is 8.55. The summed E-state index contributed by atoms with van der Waals surface area (Å²) in [5.41, 5.74) is 5.33. The molecule has 1 aliphatic rings. The number of nitrogens with two attached hydrogens (primary N) is 1. The van der Waals surface area contributed by atoms with Crippen LogP contribution in [-0.4, -0.2) is 6.54 Å². The molecule has 0 unspecified atom stereocenters. The maximum atomic E-state index is 13.8. The first-order valence-electron chi connectivity index (χ1n) is 5.21. The summed E-state index contributed by atoms with van der Waals surface area (Å²) >= 11 is 0. The lowest BCUT2D eigenvalue weighted by molar-refractivity contribution is -0.0323. The van der Waals surface area contributed by atoms with Crippen LogP contribution in [0.3, 0.4) is 0 Å². The molecule has 0 radical (unpaired) electrons. The van der Waals surface area contributed by atoms with Gasteiger partial charge in [-0.1, -0.05) is 30.3 Å². The Morgan fingerprint density at radius 3 is 2.27 bits per heavy atom. The minimum atomic E-state index is -2.74. The Bertz CT molecular complexity index is 331. The summed E-state index contributed by atoms with van der Waals surface area (Å²) in [6, 6.07) is 7.99. The van der Waals surface area contributed by atoms with Gasteiger partial charge in [0.1, 0.15) is 0 Å². The van der Waals surface area contributed by atoms with Crippen LogP contribution in [0.4, 0.5) is 8.78 Å². The lowest BCUT2D eigenvalue weighted by Crippen LogP contribution is -2.25. The fourth-order valence-electron chi connectivity index (χ4n) is 1.88. The maximum Gasteiger partial charge on any atom is 0.273 e. The van der Waals surface area contributed by atoms with Crippen LogP contribution in [-0.2, 0) is 5.92 Å². The largest absolute Gasteiger partial charge is 0.330 e. The summed E-state index contributed by atoms with van der Waals surface area (Å²) < 4.78 is 27.6. The molecule has 1 aromatic rings. The highest BCUT2D eigenvalue weighted by atomic mass is 19.3. The van der Waals surface area contributed by atoms with Crippen molar-refractivity contribution < 1.29 is 8.78 Å². The van der Waals surface area contributed by atoms with Crippen molar-refractivity contribution in [3.8, 4) is 0 Å². The minimum absolute atomic E-state index is 0.102. The van der Waals surface area contributed by atoms with E-state index >= 15 is 0 Å². The van der Waals surface area contributed by atoms with Crippen molar-refractivity contribution in [3.05, 3.63) is 35.9 Å². The number of benzene rings is 1. The number of alkyl halides is 2. The Morgan fingerprint density at radius 1 is 1.20 bits per heavy atom. The predicted molar refractivity (Wildman–Crippen MR) is 55.7 cm³/mol. The summed E-state index contributed by atoms with van der Waals surface area (Å²) in [5.74, 6) is -2.74. The molecule has 0 heterocycles. The zero-order valence-corrected chi connectivity index (χ0v) is 8.55. The molecule has 82 valence electrons. The van der Waals surface area contributed by atoms with Gasteiger partial charge in [-0.25, -0.2) is 8.78 Å². The van der Waals surface area contributed by atoms with E-state index in [0.717, 1.165) is 12.8 Å². The molecule has 15 heavy (non-hydrogen) atoms. The Hall–Kier alpha value is -0.960. The van der Waals surface area contributed by atoms with Crippen LogP contribution in [0.1, 0.15) is 24.8 Å². The van der Waals surface area contributed by atoms with Crippen molar-refractivity contribution in [2.24, 2.45) is 11.1 Å². The Morgan fingerprint density at radius 2 is 1.80 bits per heavy atom. The molecule has 1 fully saturated rings. The van der Waals surface area contributed by atoms with Crippen molar-refractivity contribution in [1.82, 2.24) is 0 Å². The standard InChI is InChI=1S/C12H15F2N/c13-12(14,8-11(9-15)6-7-11)10-4-2-1-3-5-10/h1-5H,6-9,15H2. The van der Waals surface area contributed by atoms with E-state index in [-0.39, 0.29) is 17.4 Å². The highest BCUT2D eigenvalue weighted by Gasteiger charge is 2.49. The van der Waals surface area contributed by atoms with Gasteiger partial charge >= 0.3 is 0 Å². The fourth-order valence-corrected chi connectivity index (χ4v) is 1.88. The van der Waals surface area contributed by atoms with E-state index in [2.05, 4.69) is 0 Å². The van der Waals surface area contributed by atoms with Gasteiger partial charge < -0.3 is 5.73 Å². The van der Waals surface area contributed by atoms with Gasteiger partial charge in [-0.2, -0.15) is 0 Å². The second-order valence-electron chi connectivity index (χ2n) is 4.45. The molecule has 1 saturated carbocycles. The quantitative estimate of drug-likeness (QED) is 0.814. The van der Waals surface area contributed by atoms with Crippen LogP contribution in [0, 0.1) is 5.41 Å². The first-order chi connectivity index (χ1) is 7.08.